The van der Waals surface area contributed by atoms with Crippen LogP contribution in [0, 0.1) is 25.6 Å². The maximum atomic E-state index is 14.3. The summed E-state index contributed by atoms with van der Waals surface area (Å²) in [6.07, 6.45) is 1.99. The van der Waals surface area contributed by atoms with Crippen molar-refractivity contribution in [3.8, 4) is 10.6 Å². The van der Waals surface area contributed by atoms with Crippen LogP contribution in [0.4, 0.5) is 9.52 Å². The number of piperidine rings is 1. The molecule has 0 spiro atoms. The standard InChI is InChI=1S/C28H32ClFN4O3S/c1-4-9-34(25(35)14-20-5-6-22(29)15-24(20)30)28-32-31-26(38-28)21-12-17(2)23(18(3)13-21)16-33-10-7-19(8-11-33)27(36)37/h5-6,12-13,15,19H,4,7-11,14,16H2,1-3H3,(H,36,37). The van der Waals surface area contributed by atoms with E-state index in [2.05, 4.69) is 41.1 Å². The maximum Gasteiger partial charge on any atom is 0.306 e. The number of hydrogen-bond acceptors (Lipinski definition) is 6. The van der Waals surface area contributed by atoms with Gasteiger partial charge < -0.3 is 5.11 Å². The van der Waals surface area contributed by atoms with Gasteiger partial charge in [0.1, 0.15) is 10.8 Å². The van der Waals surface area contributed by atoms with Crippen LogP contribution < -0.4 is 4.90 Å². The van der Waals surface area contributed by atoms with Gasteiger partial charge in [0.15, 0.2) is 0 Å². The lowest BCUT2D eigenvalue weighted by atomic mass is 9.95. The summed E-state index contributed by atoms with van der Waals surface area (Å²) in [6.45, 7) is 8.92. The first kappa shape index (κ1) is 28.1. The molecule has 10 heteroatoms. The molecule has 2 aromatic carbocycles. The first-order valence-electron chi connectivity index (χ1n) is 12.8. The monoisotopic (exact) mass is 558 g/mol. The van der Waals surface area contributed by atoms with Crippen molar-refractivity contribution in [1.82, 2.24) is 15.1 Å². The Labute approximate surface area is 231 Å². The average Bonchev–Trinajstić information content (AvgIpc) is 3.36. The number of aromatic nitrogens is 2. The number of carboxylic acid groups (broad SMARTS) is 1. The molecule has 1 aliphatic rings. The molecule has 0 atom stereocenters. The maximum absolute atomic E-state index is 14.3. The third-order valence-electron chi connectivity index (χ3n) is 7.01. The highest BCUT2D eigenvalue weighted by Crippen LogP contribution is 2.33. The number of halogens is 2. The molecule has 7 nitrogen and oxygen atoms in total. The Bertz CT molecular complexity index is 1300. The molecule has 38 heavy (non-hydrogen) atoms. The van der Waals surface area contributed by atoms with E-state index in [1.165, 1.54) is 29.0 Å². The van der Waals surface area contributed by atoms with Gasteiger partial charge in [-0.1, -0.05) is 35.9 Å². The van der Waals surface area contributed by atoms with Gasteiger partial charge in [0.25, 0.3) is 0 Å². The van der Waals surface area contributed by atoms with Crippen molar-refractivity contribution < 1.29 is 19.1 Å². The molecule has 2 heterocycles. The van der Waals surface area contributed by atoms with Crippen molar-refractivity contribution in [3.05, 3.63) is 63.4 Å². The minimum absolute atomic E-state index is 0.0887. The van der Waals surface area contributed by atoms with Gasteiger partial charge in [-0.15, -0.1) is 10.2 Å². The van der Waals surface area contributed by atoms with Crippen LogP contribution in [-0.2, 0) is 22.6 Å². The number of amides is 1. The minimum Gasteiger partial charge on any atom is -0.481 e. The summed E-state index contributed by atoms with van der Waals surface area (Å²) >= 11 is 7.19. The van der Waals surface area contributed by atoms with Crippen LogP contribution in [0.5, 0.6) is 0 Å². The number of benzene rings is 2. The fourth-order valence-corrected chi connectivity index (χ4v) is 5.88. The van der Waals surface area contributed by atoms with Crippen LogP contribution in [0.3, 0.4) is 0 Å². The molecule has 1 amide bonds. The number of nitrogens with zero attached hydrogens (tertiary/aromatic N) is 4. The number of aliphatic carboxylic acids is 1. The summed E-state index contributed by atoms with van der Waals surface area (Å²) in [7, 11) is 0. The molecular weight excluding hydrogens is 527 g/mol. The van der Waals surface area contributed by atoms with E-state index in [9.17, 15) is 19.1 Å². The van der Waals surface area contributed by atoms with Crippen LogP contribution in [-0.4, -0.2) is 51.7 Å². The predicted molar refractivity (Wildman–Crippen MR) is 148 cm³/mol. The Balaban J connectivity index is 1.49. The largest absolute Gasteiger partial charge is 0.481 e. The van der Waals surface area contributed by atoms with Crippen LogP contribution in [0.25, 0.3) is 10.6 Å². The number of likely N-dealkylation sites (tertiary alicyclic amines) is 1. The van der Waals surface area contributed by atoms with Gasteiger partial charge in [-0.25, -0.2) is 4.39 Å². The van der Waals surface area contributed by atoms with Crippen molar-refractivity contribution in [3.63, 3.8) is 0 Å². The summed E-state index contributed by atoms with van der Waals surface area (Å²) in [6, 6.07) is 8.50. The summed E-state index contributed by atoms with van der Waals surface area (Å²) < 4.78 is 14.3. The highest BCUT2D eigenvalue weighted by Gasteiger charge is 2.25. The Morgan fingerprint density at radius 3 is 2.45 bits per heavy atom. The smallest absolute Gasteiger partial charge is 0.306 e. The molecule has 0 aliphatic carbocycles. The highest BCUT2D eigenvalue weighted by molar-refractivity contribution is 7.18. The van der Waals surface area contributed by atoms with Crippen molar-refractivity contribution in [2.45, 2.75) is 53.0 Å². The minimum atomic E-state index is -0.700. The molecule has 1 fully saturated rings. The Kier molecular flexibility index (Phi) is 9.12. The SMILES string of the molecule is CCCN(C(=O)Cc1ccc(Cl)cc1F)c1nnc(-c2cc(C)c(CN3CCC(C(=O)O)CC3)c(C)c2)s1. The molecule has 1 N–H and O–H groups in total. The van der Waals surface area contributed by atoms with Gasteiger partial charge in [0.05, 0.1) is 12.3 Å². The fourth-order valence-electron chi connectivity index (χ4n) is 4.84. The Morgan fingerprint density at radius 2 is 1.84 bits per heavy atom. The van der Waals surface area contributed by atoms with Gasteiger partial charge in [-0.3, -0.25) is 19.4 Å². The molecule has 3 aromatic rings. The summed E-state index contributed by atoms with van der Waals surface area (Å²) in [5, 5.41) is 19.4. The van der Waals surface area contributed by atoms with Crippen molar-refractivity contribution in [1.29, 1.82) is 0 Å². The molecule has 0 radical (unpaired) electrons. The zero-order chi connectivity index (χ0) is 27.4. The summed E-state index contributed by atoms with van der Waals surface area (Å²) in [4.78, 5) is 28.3. The second-order valence-electron chi connectivity index (χ2n) is 9.82. The number of anilines is 1. The molecule has 4 rings (SSSR count). The van der Waals surface area contributed by atoms with Crippen LogP contribution >= 0.6 is 22.9 Å². The first-order chi connectivity index (χ1) is 18.2. The van der Waals surface area contributed by atoms with Crippen molar-refractivity contribution >= 4 is 39.9 Å². The second-order valence-corrected chi connectivity index (χ2v) is 11.2. The van der Waals surface area contributed by atoms with E-state index >= 15 is 0 Å². The van der Waals surface area contributed by atoms with Gasteiger partial charge in [-0.2, -0.15) is 0 Å². The number of carbonyl (C=O) groups is 2. The van der Waals surface area contributed by atoms with Gasteiger partial charge >= 0.3 is 5.97 Å². The predicted octanol–water partition coefficient (Wildman–Crippen LogP) is 5.90. The lowest BCUT2D eigenvalue weighted by Gasteiger charge is -2.31. The number of rotatable bonds is 9. The Hall–Kier alpha value is -2.88. The number of carbonyl (C=O) groups excluding carboxylic acids is 1. The normalized spacial score (nSPS) is 14.6. The quantitative estimate of drug-likeness (QED) is 0.352. The number of aryl methyl sites for hydroxylation is 2. The third-order valence-corrected chi connectivity index (χ3v) is 8.24. The lowest BCUT2D eigenvalue weighted by molar-refractivity contribution is -0.143. The van der Waals surface area contributed by atoms with E-state index < -0.39 is 11.8 Å². The molecule has 1 saturated heterocycles. The van der Waals surface area contributed by atoms with E-state index in [4.69, 9.17) is 11.6 Å². The topological polar surface area (TPSA) is 86.6 Å². The highest BCUT2D eigenvalue weighted by atomic mass is 35.5. The summed E-state index contributed by atoms with van der Waals surface area (Å²) in [5.74, 6) is -1.69. The molecule has 0 bridgehead atoms. The van der Waals surface area contributed by atoms with E-state index in [-0.39, 0.29) is 23.3 Å². The molecular formula is C28H32ClFN4O3S. The summed E-state index contributed by atoms with van der Waals surface area (Å²) in [5.41, 5.74) is 4.73. The number of hydrogen-bond donors (Lipinski definition) is 1. The average molecular weight is 559 g/mol. The third kappa shape index (κ3) is 6.57. The van der Waals surface area contributed by atoms with Crippen LogP contribution in [0.1, 0.15) is 48.4 Å². The van der Waals surface area contributed by atoms with E-state index in [0.717, 1.165) is 42.7 Å². The molecule has 0 saturated carbocycles. The van der Waals surface area contributed by atoms with Crippen molar-refractivity contribution in [2.24, 2.45) is 5.92 Å². The zero-order valence-electron chi connectivity index (χ0n) is 21.8. The van der Waals surface area contributed by atoms with Gasteiger partial charge in [0, 0.05) is 23.7 Å². The van der Waals surface area contributed by atoms with Crippen LogP contribution in [0.2, 0.25) is 5.02 Å². The van der Waals surface area contributed by atoms with Gasteiger partial charge in [0.2, 0.25) is 11.0 Å². The molecule has 1 aliphatic heterocycles. The van der Waals surface area contributed by atoms with E-state index in [1.807, 2.05) is 6.92 Å². The molecule has 0 unspecified atom stereocenters. The van der Waals surface area contributed by atoms with Crippen LogP contribution in [0.15, 0.2) is 30.3 Å². The zero-order valence-corrected chi connectivity index (χ0v) is 23.4. The van der Waals surface area contributed by atoms with E-state index in [1.54, 1.807) is 11.0 Å². The lowest BCUT2D eigenvalue weighted by Crippen LogP contribution is -2.36. The van der Waals surface area contributed by atoms with E-state index in [0.29, 0.717) is 35.1 Å². The number of carboxylic acids is 1. The molecule has 1 aromatic heterocycles. The fraction of sp³-hybridized carbons (Fsp3) is 0.429. The first-order valence-corrected chi connectivity index (χ1v) is 14.0. The molecule has 202 valence electrons. The Morgan fingerprint density at radius 1 is 1.16 bits per heavy atom. The second kappa shape index (κ2) is 12.3. The van der Waals surface area contributed by atoms with Crippen molar-refractivity contribution in [2.75, 3.05) is 24.5 Å². The van der Waals surface area contributed by atoms with Gasteiger partial charge in [-0.05, 0) is 92.7 Å².